The van der Waals surface area contributed by atoms with Gasteiger partial charge >= 0.3 is 5.97 Å². The number of thiazole rings is 1. The third-order valence-electron chi connectivity index (χ3n) is 6.40. The molecule has 2 atom stereocenters. The highest BCUT2D eigenvalue weighted by molar-refractivity contribution is 8.00. The topological polar surface area (TPSA) is 199 Å². The summed E-state index contributed by atoms with van der Waals surface area (Å²) < 4.78 is 3.81. The number of carboxylic acids is 1. The highest BCUT2D eigenvalue weighted by Crippen LogP contribution is 2.40. The van der Waals surface area contributed by atoms with Crippen molar-refractivity contribution >= 4 is 63.3 Å². The van der Waals surface area contributed by atoms with Crippen molar-refractivity contribution in [2.75, 3.05) is 11.5 Å². The highest BCUT2D eigenvalue weighted by Gasteiger charge is 2.54. The zero-order valence-electron chi connectivity index (χ0n) is 21.3. The van der Waals surface area contributed by atoms with Crippen molar-refractivity contribution in [3.63, 3.8) is 0 Å². The van der Waals surface area contributed by atoms with E-state index in [4.69, 9.17) is 16.3 Å². The molecule has 14 nitrogen and oxygen atoms in total. The van der Waals surface area contributed by atoms with Gasteiger partial charge in [-0.25, -0.2) is 18.7 Å². The first-order chi connectivity index (χ1) is 19.0. The summed E-state index contributed by atoms with van der Waals surface area (Å²) in [5.41, 5.74) is 10.6. The van der Waals surface area contributed by atoms with E-state index in [-0.39, 0.29) is 28.8 Å². The number of nitrogen functional groups attached to an aromatic ring is 1. The Morgan fingerprint density at radius 1 is 1.32 bits per heavy atom. The molecule has 0 unspecified atom stereocenters. The Labute approximate surface area is 235 Å². The van der Waals surface area contributed by atoms with Gasteiger partial charge in [0.1, 0.15) is 41.7 Å². The van der Waals surface area contributed by atoms with E-state index in [0.29, 0.717) is 11.3 Å². The summed E-state index contributed by atoms with van der Waals surface area (Å²) in [4.78, 5) is 60.9. The summed E-state index contributed by atoms with van der Waals surface area (Å²) in [5.74, 6) is -3.11. The number of thioether (sulfide) groups is 1. The number of fused-ring (bicyclic) bond motifs is 2. The molecule has 0 aliphatic carbocycles. The number of nitrogens with zero attached hydrogens (tertiary/aromatic N) is 5. The number of hydrogen-bond acceptors (Lipinski definition) is 10. The third-order valence-corrected chi connectivity index (χ3v) is 8.42. The van der Waals surface area contributed by atoms with Gasteiger partial charge in [-0.3, -0.25) is 19.3 Å². The van der Waals surface area contributed by atoms with E-state index >= 15 is 0 Å². The van der Waals surface area contributed by atoms with Gasteiger partial charge in [0.25, 0.3) is 23.4 Å². The molecule has 5 heterocycles. The second-order valence-electron chi connectivity index (χ2n) is 9.49. The summed E-state index contributed by atoms with van der Waals surface area (Å²) in [6, 6.07) is 4.65. The average Bonchev–Trinajstić information content (AvgIpc) is 3.53. The first kappa shape index (κ1) is 27.1. The lowest BCUT2D eigenvalue weighted by Gasteiger charge is -2.49. The molecule has 0 radical (unpaired) electrons. The van der Waals surface area contributed by atoms with Crippen molar-refractivity contribution in [2.45, 2.75) is 37.4 Å². The third kappa shape index (κ3) is 4.86. The molecule has 0 aromatic carbocycles. The second-order valence-corrected chi connectivity index (χ2v) is 11.5. The largest absolute Gasteiger partial charge is 0.477 e. The Morgan fingerprint density at radius 3 is 2.77 bits per heavy atom. The van der Waals surface area contributed by atoms with Crippen molar-refractivity contribution in [3.05, 3.63) is 59.1 Å². The summed E-state index contributed by atoms with van der Waals surface area (Å²) in [7, 11) is 0. The van der Waals surface area contributed by atoms with Crippen LogP contribution in [-0.4, -0.2) is 71.6 Å². The van der Waals surface area contributed by atoms with Crippen molar-refractivity contribution in [3.8, 4) is 0 Å². The van der Waals surface area contributed by atoms with Gasteiger partial charge in [-0.05, 0) is 19.9 Å². The lowest BCUT2D eigenvalue weighted by Crippen LogP contribution is -2.71. The predicted molar refractivity (Wildman–Crippen MR) is 145 cm³/mol. The number of nitrogens with one attached hydrogen (secondary N) is 1. The Bertz CT molecular complexity index is 1610. The molecule has 40 heavy (non-hydrogen) atoms. The molecule has 5 rings (SSSR count). The van der Waals surface area contributed by atoms with Crippen LogP contribution in [-0.2, 0) is 30.6 Å². The molecule has 1 fully saturated rings. The molecule has 6 N–H and O–H groups in total. The fourth-order valence-electron chi connectivity index (χ4n) is 4.20. The van der Waals surface area contributed by atoms with Crippen molar-refractivity contribution in [1.82, 2.24) is 19.6 Å². The number of anilines is 1. The van der Waals surface area contributed by atoms with Gasteiger partial charge in [-0.2, -0.15) is 0 Å². The minimum atomic E-state index is -1.53. The molecular weight excluding hydrogens is 560 g/mol. The number of carbonyl (C=O) groups excluding carboxylic acids is 3. The maximum Gasteiger partial charge on any atom is 0.352 e. The zero-order chi connectivity index (χ0) is 28.8. The summed E-state index contributed by atoms with van der Waals surface area (Å²) >= 11 is 2.40. The number of pyridine rings is 1. The first-order valence-corrected chi connectivity index (χ1v) is 13.8. The number of imidazole rings is 1. The number of amides is 3. The van der Waals surface area contributed by atoms with Crippen LogP contribution < -0.4 is 21.4 Å². The maximum atomic E-state index is 13.3. The van der Waals surface area contributed by atoms with Gasteiger partial charge in [-0.15, -0.1) is 23.1 Å². The lowest BCUT2D eigenvalue weighted by molar-refractivity contribution is -0.662. The normalized spacial score (nSPS) is 19.3. The van der Waals surface area contributed by atoms with Gasteiger partial charge in [0, 0.05) is 22.8 Å². The predicted octanol–water partition coefficient (Wildman–Crippen LogP) is -0.311. The number of hydrogen-bond donors (Lipinski definition) is 4. The molecule has 0 bridgehead atoms. The maximum absolute atomic E-state index is 13.3. The van der Waals surface area contributed by atoms with Gasteiger partial charge in [0.05, 0.1) is 6.20 Å². The summed E-state index contributed by atoms with van der Waals surface area (Å²) in [6.07, 6.45) is 5.58. The standard InChI is InChI=1S/C24H24N8O6S2/c1-24(2,22(25)37)38-29-15(13-11-40-23(26)27-13)18(33)28-16-19(34)32-17(21(35)36)12(10-39-20(16)32)9-31-8-7-30-6-4-3-5-14(30)31/h3-8,11,16,20H,9-10H2,1-2H3,(H5-,25,26,27,28,33,35,36,37)/p+1/b29-15-/t16-,20-/m1/s1. The second kappa shape index (κ2) is 10.3. The van der Waals surface area contributed by atoms with Gasteiger partial charge in [0.15, 0.2) is 10.8 Å². The van der Waals surface area contributed by atoms with E-state index in [0.717, 1.165) is 17.0 Å². The lowest BCUT2D eigenvalue weighted by atomic mass is 10.0. The van der Waals surface area contributed by atoms with E-state index in [9.17, 15) is 24.3 Å². The monoisotopic (exact) mass is 585 g/mol. The van der Waals surface area contributed by atoms with Crippen LogP contribution in [0.2, 0.25) is 0 Å². The number of aromatic nitrogens is 3. The quantitative estimate of drug-likeness (QED) is 0.113. The first-order valence-electron chi connectivity index (χ1n) is 11.9. The van der Waals surface area contributed by atoms with Crippen molar-refractivity contribution in [1.29, 1.82) is 0 Å². The van der Waals surface area contributed by atoms with Crippen LogP contribution in [0.5, 0.6) is 0 Å². The summed E-state index contributed by atoms with van der Waals surface area (Å²) in [5, 5.41) is 17.4. The van der Waals surface area contributed by atoms with Gasteiger partial charge in [0.2, 0.25) is 5.60 Å². The molecule has 16 heteroatoms. The molecule has 2 aliphatic rings. The fraction of sp³-hybridized carbons (Fsp3) is 0.292. The number of primary amides is 1. The van der Waals surface area contributed by atoms with Gasteiger partial charge in [-0.1, -0.05) is 11.2 Å². The minimum Gasteiger partial charge on any atom is -0.477 e. The number of carbonyl (C=O) groups is 4. The smallest absolute Gasteiger partial charge is 0.352 e. The average molecular weight is 586 g/mol. The van der Waals surface area contributed by atoms with Crippen LogP contribution in [0.15, 0.2) is 58.6 Å². The molecule has 1 saturated heterocycles. The highest BCUT2D eigenvalue weighted by atomic mass is 32.2. The Hall–Kier alpha value is -4.44. The van der Waals surface area contributed by atoms with E-state index in [1.807, 2.05) is 45.8 Å². The van der Waals surface area contributed by atoms with Crippen LogP contribution in [0.3, 0.4) is 0 Å². The van der Waals surface area contributed by atoms with E-state index in [2.05, 4.69) is 15.5 Å². The van der Waals surface area contributed by atoms with Crippen LogP contribution in [0.1, 0.15) is 19.5 Å². The Balaban J connectivity index is 1.37. The van der Waals surface area contributed by atoms with E-state index in [1.54, 1.807) is 0 Å². The van der Waals surface area contributed by atoms with Crippen LogP contribution >= 0.6 is 23.1 Å². The van der Waals surface area contributed by atoms with E-state index in [1.165, 1.54) is 35.9 Å². The molecule has 0 spiro atoms. The number of nitrogens with two attached hydrogens (primary N) is 2. The van der Waals surface area contributed by atoms with Crippen molar-refractivity contribution in [2.24, 2.45) is 10.9 Å². The molecule has 2 aliphatic heterocycles. The molecule has 3 aromatic heterocycles. The van der Waals surface area contributed by atoms with Crippen LogP contribution in [0, 0.1) is 0 Å². The zero-order valence-corrected chi connectivity index (χ0v) is 22.9. The molecule has 3 aromatic rings. The molecule has 0 saturated carbocycles. The fourth-order valence-corrected chi connectivity index (χ4v) is 6.09. The van der Waals surface area contributed by atoms with Gasteiger partial charge < -0.3 is 26.7 Å². The van der Waals surface area contributed by atoms with Crippen LogP contribution in [0.4, 0.5) is 5.13 Å². The molecule has 208 valence electrons. The van der Waals surface area contributed by atoms with E-state index < -0.39 is 40.7 Å². The number of carboxylic acid groups (broad SMARTS) is 1. The molecular formula is C24H25N8O6S2+. The Kier molecular flexibility index (Phi) is 6.97. The van der Waals surface area contributed by atoms with Crippen LogP contribution in [0.25, 0.3) is 5.65 Å². The number of aliphatic carboxylic acids is 1. The number of oxime groups is 1. The molecule has 3 amide bonds. The number of rotatable bonds is 9. The van der Waals surface area contributed by atoms with Crippen molar-refractivity contribution < 1.29 is 33.7 Å². The Morgan fingerprint density at radius 2 is 2.10 bits per heavy atom. The minimum absolute atomic E-state index is 0.0745. The number of β-lactam (4-membered cyclic amide) rings is 1. The SMILES string of the molecule is CC(C)(O/N=C(\C(=O)N[C@@H]1C(=O)N2C(C(=O)O)=C(C[n+]3ccn4ccccc43)CS[C@H]12)c1csc(N)n1)C(N)=O. The summed E-state index contributed by atoms with van der Waals surface area (Å²) in [6.45, 7) is 3.03.